The molecule has 0 aromatic heterocycles. The van der Waals surface area contributed by atoms with E-state index in [-0.39, 0.29) is 25.2 Å². The lowest BCUT2D eigenvalue weighted by Gasteiger charge is -2.34. The van der Waals surface area contributed by atoms with Crippen molar-refractivity contribution in [2.45, 2.75) is 143 Å². The van der Waals surface area contributed by atoms with Crippen LogP contribution in [0.2, 0.25) is 0 Å². The monoisotopic (exact) mass is 831 g/mol. The number of aryl methyl sites for hydroxylation is 1. The number of Topliss-reactive ketones (excluding diaryl/α,β-unsaturated/α-hetero) is 1. The summed E-state index contributed by atoms with van der Waals surface area (Å²) in [5.41, 5.74) is 5.56. The third-order valence-corrected chi connectivity index (χ3v) is 9.15. The number of carbonyl (C=O) groups excluding carboxylic acids is 8. The summed E-state index contributed by atoms with van der Waals surface area (Å²) in [6.45, 7) is 13.2. The maximum atomic E-state index is 14.2. The first kappa shape index (κ1) is 51.1. The van der Waals surface area contributed by atoms with Crippen LogP contribution in [0, 0.1) is 18.3 Å². The molecule has 0 saturated heterocycles. The molecule has 10 N–H and O–H groups in total. The lowest BCUT2D eigenvalue weighted by molar-refractivity contribution is -0.141. The van der Waals surface area contributed by atoms with E-state index in [0.29, 0.717) is 18.4 Å². The number of hydrogen-bond acceptors (Lipinski definition) is 10. The predicted octanol–water partition coefficient (Wildman–Crippen LogP) is 0.143. The zero-order valence-electron chi connectivity index (χ0n) is 35.1. The Labute approximate surface area is 344 Å². The summed E-state index contributed by atoms with van der Waals surface area (Å²) >= 11 is 0. The minimum atomic E-state index is -1.62. The van der Waals surface area contributed by atoms with Gasteiger partial charge in [0, 0.05) is 19.8 Å². The molecule has 0 saturated carbocycles. The molecule has 0 bridgehead atoms. The molecular formula is C40H61N7O12. The molecule has 6 atom stereocenters. The van der Waals surface area contributed by atoms with Gasteiger partial charge in [-0.3, -0.25) is 47.9 Å². The zero-order chi connectivity index (χ0) is 45.2. The van der Waals surface area contributed by atoms with Crippen molar-refractivity contribution in [3.63, 3.8) is 0 Å². The molecule has 0 aliphatic carbocycles. The lowest BCUT2D eigenvalue weighted by atomic mass is 9.85. The number of amides is 7. The summed E-state index contributed by atoms with van der Waals surface area (Å²) in [5, 5.41) is 33.6. The Hall–Kier alpha value is -5.88. The second-order valence-electron chi connectivity index (χ2n) is 16.0. The molecule has 1 rings (SSSR count). The maximum Gasteiger partial charge on any atom is 0.305 e. The maximum absolute atomic E-state index is 14.2. The summed E-state index contributed by atoms with van der Waals surface area (Å²) in [7, 11) is 0. The molecule has 0 heterocycles. The minimum absolute atomic E-state index is 0.109. The van der Waals surface area contributed by atoms with Crippen molar-refractivity contribution in [1.82, 2.24) is 31.9 Å². The van der Waals surface area contributed by atoms with E-state index in [9.17, 15) is 58.2 Å². The number of carboxylic acid groups (broad SMARTS) is 2. The number of primary amides is 1. The van der Waals surface area contributed by atoms with E-state index >= 15 is 0 Å². The van der Waals surface area contributed by atoms with Crippen LogP contribution >= 0.6 is 0 Å². The topological polar surface area (TPSA) is 309 Å². The Morgan fingerprint density at radius 3 is 1.71 bits per heavy atom. The van der Waals surface area contributed by atoms with Gasteiger partial charge >= 0.3 is 11.9 Å². The van der Waals surface area contributed by atoms with Crippen molar-refractivity contribution in [2.24, 2.45) is 17.1 Å². The highest BCUT2D eigenvalue weighted by Crippen LogP contribution is 2.21. The number of nitrogens with one attached hydrogen (secondary N) is 6. The fraction of sp³-hybridized carbons (Fsp3) is 0.600. The van der Waals surface area contributed by atoms with Gasteiger partial charge in [-0.05, 0) is 48.6 Å². The van der Waals surface area contributed by atoms with Crippen molar-refractivity contribution in [1.29, 1.82) is 0 Å². The second-order valence-corrected chi connectivity index (χ2v) is 16.0. The first-order chi connectivity index (χ1) is 27.4. The van der Waals surface area contributed by atoms with Crippen molar-refractivity contribution in [2.75, 3.05) is 0 Å². The molecule has 328 valence electrons. The van der Waals surface area contributed by atoms with Crippen LogP contribution in [-0.4, -0.2) is 106 Å². The van der Waals surface area contributed by atoms with Crippen molar-refractivity contribution < 1.29 is 58.2 Å². The van der Waals surface area contributed by atoms with E-state index in [4.69, 9.17) is 5.73 Å². The fourth-order valence-corrected chi connectivity index (χ4v) is 5.98. The average molecular weight is 832 g/mol. The fourth-order valence-electron chi connectivity index (χ4n) is 5.98. The van der Waals surface area contributed by atoms with Crippen LogP contribution in [0.4, 0.5) is 0 Å². The van der Waals surface area contributed by atoms with E-state index < -0.39 is 120 Å². The van der Waals surface area contributed by atoms with Crippen LogP contribution < -0.4 is 37.6 Å². The van der Waals surface area contributed by atoms with Gasteiger partial charge in [0.15, 0.2) is 0 Å². The Morgan fingerprint density at radius 2 is 1.20 bits per heavy atom. The van der Waals surface area contributed by atoms with Crippen molar-refractivity contribution >= 4 is 59.1 Å². The first-order valence-corrected chi connectivity index (χ1v) is 19.5. The van der Waals surface area contributed by atoms with Crippen LogP contribution in [0.1, 0.15) is 105 Å². The molecule has 7 amide bonds. The Balaban J connectivity index is 3.57. The summed E-state index contributed by atoms with van der Waals surface area (Å²) in [6.07, 6.45) is -0.686. The van der Waals surface area contributed by atoms with Gasteiger partial charge in [0.25, 0.3) is 5.91 Å². The van der Waals surface area contributed by atoms with E-state index in [1.54, 1.807) is 65.8 Å². The summed E-state index contributed by atoms with van der Waals surface area (Å²) in [5.74, 6) is -10.4. The zero-order valence-corrected chi connectivity index (χ0v) is 35.1. The van der Waals surface area contributed by atoms with Crippen LogP contribution in [0.15, 0.2) is 24.3 Å². The van der Waals surface area contributed by atoms with Gasteiger partial charge in [-0.15, -0.1) is 0 Å². The van der Waals surface area contributed by atoms with E-state index in [0.717, 1.165) is 12.5 Å². The van der Waals surface area contributed by atoms with Gasteiger partial charge in [0.05, 0.1) is 12.5 Å². The molecule has 0 aliphatic rings. The number of carbonyl (C=O) groups is 10. The van der Waals surface area contributed by atoms with Gasteiger partial charge in [0.2, 0.25) is 41.2 Å². The largest absolute Gasteiger partial charge is 0.481 e. The number of unbranched alkanes of at least 4 members (excludes halogenated alkanes) is 1. The van der Waals surface area contributed by atoms with Gasteiger partial charge in [-0.2, -0.15) is 0 Å². The molecule has 1 aromatic rings. The molecule has 59 heavy (non-hydrogen) atoms. The van der Waals surface area contributed by atoms with Crippen LogP contribution in [0.25, 0.3) is 0 Å². The van der Waals surface area contributed by atoms with Crippen LogP contribution in [0.3, 0.4) is 0 Å². The number of hydrogen-bond donors (Lipinski definition) is 9. The van der Waals surface area contributed by atoms with Gasteiger partial charge in [-0.25, -0.2) is 0 Å². The number of nitrogens with two attached hydrogens (primary N) is 1. The molecule has 0 radical (unpaired) electrons. The smallest absolute Gasteiger partial charge is 0.305 e. The van der Waals surface area contributed by atoms with Gasteiger partial charge in [-0.1, -0.05) is 78.6 Å². The molecular weight excluding hydrogens is 770 g/mol. The Kier molecular flexibility index (Phi) is 20.9. The molecule has 1 aromatic carbocycles. The number of aliphatic carboxylic acids is 2. The van der Waals surface area contributed by atoms with E-state index in [2.05, 4.69) is 31.9 Å². The highest BCUT2D eigenvalue weighted by Gasteiger charge is 2.38. The SMILES string of the molecule is CCCC[C@H](NC(=O)[C@H](CC(C)C)NC(=O)[C@@H](NC(=O)[C@H](Cc1ccccc1C)NC(=O)[C@H](CCC(=O)O)NC(=O)[C@H](CC(=O)O)NC(C)=O)C(C)(C)C)C(=O)C(N)=O. The normalized spacial score (nSPS) is 14.3. The molecule has 19 nitrogen and oxygen atoms in total. The minimum Gasteiger partial charge on any atom is -0.481 e. The molecule has 0 spiro atoms. The van der Waals surface area contributed by atoms with Gasteiger partial charge in [0.1, 0.15) is 30.2 Å². The standard InChI is InChI=1S/C40H61N7O12/c1-9-10-15-25(32(53)34(41)54)43-36(56)27(18-21(2)3)46-39(59)33(40(6,7)8)47-38(58)28(19-24-14-12-11-13-22(24)4)45-35(55)26(16-17-30(49)50)44-37(57)29(20-31(51)52)42-23(5)48/h11-14,21,25-29,33H,9-10,15-20H2,1-8H3,(H2,41,54)(H,42,48)(H,43,56)(H,44,57)(H,45,55)(H,46,59)(H,47,58)(H,49,50)(H,51,52)/t25-,26-,27-,28-,29-,33+/m0/s1. The highest BCUT2D eigenvalue weighted by molar-refractivity contribution is 6.37. The van der Waals surface area contributed by atoms with Crippen molar-refractivity contribution in [3.05, 3.63) is 35.4 Å². The van der Waals surface area contributed by atoms with E-state index in [1.165, 1.54) is 0 Å². The predicted molar refractivity (Wildman–Crippen MR) is 214 cm³/mol. The Morgan fingerprint density at radius 1 is 0.678 bits per heavy atom. The Bertz CT molecular complexity index is 1690. The molecule has 0 aliphatic heterocycles. The number of rotatable bonds is 25. The number of benzene rings is 1. The second kappa shape index (κ2) is 24.1. The van der Waals surface area contributed by atoms with Crippen LogP contribution in [0.5, 0.6) is 0 Å². The molecule has 19 heteroatoms. The summed E-state index contributed by atoms with van der Waals surface area (Å²) < 4.78 is 0. The number of carboxylic acids is 2. The molecule has 0 unspecified atom stereocenters. The lowest BCUT2D eigenvalue weighted by Crippen LogP contribution is -2.62. The highest BCUT2D eigenvalue weighted by atomic mass is 16.4. The van der Waals surface area contributed by atoms with E-state index in [1.807, 2.05) is 6.92 Å². The van der Waals surface area contributed by atoms with Crippen molar-refractivity contribution in [3.8, 4) is 0 Å². The molecule has 0 fully saturated rings. The number of ketones is 1. The summed E-state index contributed by atoms with van der Waals surface area (Å²) in [4.78, 5) is 128. The quantitative estimate of drug-likeness (QED) is 0.0595. The third kappa shape index (κ3) is 18.5. The summed E-state index contributed by atoms with van der Waals surface area (Å²) in [6, 6.07) is -1.51. The average Bonchev–Trinajstić information content (AvgIpc) is 3.11. The van der Waals surface area contributed by atoms with Crippen LogP contribution in [-0.2, 0) is 54.4 Å². The van der Waals surface area contributed by atoms with Gasteiger partial charge < -0.3 is 47.8 Å². The first-order valence-electron chi connectivity index (χ1n) is 19.5. The third-order valence-electron chi connectivity index (χ3n) is 9.15.